The summed E-state index contributed by atoms with van der Waals surface area (Å²) < 4.78 is 0. The lowest BCUT2D eigenvalue weighted by atomic mass is 10.1. The molecule has 0 amide bonds. The van der Waals surface area contributed by atoms with Crippen LogP contribution in [0.2, 0.25) is 0 Å². The van der Waals surface area contributed by atoms with Crippen molar-refractivity contribution < 1.29 is 0 Å². The van der Waals surface area contributed by atoms with Crippen LogP contribution in [0.4, 0.5) is 0 Å². The molecule has 16 heavy (non-hydrogen) atoms. The van der Waals surface area contributed by atoms with E-state index >= 15 is 0 Å². The van der Waals surface area contributed by atoms with Crippen molar-refractivity contribution in [2.45, 2.75) is 38.8 Å². The third-order valence-electron chi connectivity index (χ3n) is 2.77. The predicted molar refractivity (Wildman–Crippen MR) is 75.2 cm³/mol. The van der Waals surface area contributed by atoms with Crippen LogP contribution >= 0.6 is 11.8 Å². The number of nitrogens with one attached hydrogen (secondary N) is 1. The monoisotopic (exact) mass is 237 g/mol. The minimum atomic E-state index is 0.555. The maximum absolute atomic E-state index is 3.70. The summed E-state index contributed by atoms with van der Waals surface area (Å²) in [5.41, 5.74) is 1.42. The van der Waals surface area contributed by atoms with E-state index in [9.17, 15) is 0 Å². The predicted octanol–water partition coefficient (Wildman–Crippen LogP) is 3.35. The van der Waals surface area contributed by atoms with Crippen LogP contribution in [0, 0.1) is 0 Å². The van der Waals surface area contributed by atoms with E-state index in [-0.39, 0.29) is 0 Å². The Labute approximate surface area is 104 Å². The number of hydrogen-bond acceptors (Lipinski definition) is 2. The second kappa shape index (κ2) is 7.75. The van der Waals surface area contributed by atoms with Crippen LogP contribution < -0.4 is 5.32 Å². The smallest absolute Gasteiger partial charge is 0.0158 e. The van der Waals surface area contributed by atoms with Crippen molar-refractivity contribution in [3.05, 3.63) is 35.9 Å². The number of benzene rings is 1. The van der Waals surface area contributed by atoms with E-state index in [2.05, 4.69) is 55.8 Å². The van der Waals surface area contributed by atoms with Crippen molar-refractivity contribution in [3.8, 4) is 0 Å². The van der Waals surface area contributed by atoms with Crippen molar-refractivity contribution in [1.82, 2.24) is 5.32 Å². The zero-order chi connectivity index (χ0) is 11.8. The van der Waals surface area contributed by atoms with Gasteiger partial charge in [-0.1, -0.05) is 37.3 Å². The Morgan fingerprint density at radius 2 is 1.94 bits per heavy atom. The molecule has 1 aromatic rings. The summed E-state index contributed by atoms with van der Waals surface area (Å²) in [6.45, 7) is 4.53. The number of rotatable bonds is 7. The fourth-order valence-corrected chi connectivity index (χ4v) is 2.65. The fraction of sp³-hybridized carbons (Fsp3) is 0.571. The van der Waals surface area contributed by atoms with Crippen LogP contribution in [0.3, 0.4) is 0 Å². The molecule has 2 heteroatoms. The Balaban J connectivity index is 2.37. The van der Waals surface area contributed by atoms with Gasteiger partial charge in [0.25, 0.3) is 0 Å². The molecule has 0 radical (unpaired) electrons. The quantitative estimate of drug-likeness (QED) is 0.780. The Hall–Kier alpha value is -0.470. The van der Waals surface area contributed by atoms with Gasteiger partial charge in [-0.25, -0.2) is 0 Å². The molecular formula is C14H23NS. The van der Waals surface area contributed by atoms with E-state index in [1.165, 1.54) is 17.7 Å². The maximum Gasteiger partial charge on any atom is 0.0158 e. The number of hydrogen-bond donors (Lipinski definition) is 1. The first kappa shape index (κ1) is 13.6. The summed E-state index contributed by atoms with van der Waals surface area (Å²) in [6, 6.07) is 11.9. The van der Waals surface area contributed by atoms with Gasteiger partial charge in [-0.2, -0.15) is 11.8 Å². The topological polar surface area (TPSA) is 12.0 Å². The van der Waals surface area contributed by atoms with Crippen LogP contribution in [0.5, 0.6) is 0 Å². The van der Waals surface area contributed by atoms with Crippen LogP contribution in [-0.2, 0) is 6.42 Å². The van der Waals surface area contributed by atoms with Gasteiger partial charge in [-0.15, -0.1) is 0 Å². The molecule has 1 nitrogen and oxygen atoms in total. The Morgan fingerprint density at radius 1 is 1.25 bits per heavy atom. The molecule has 0 aliphatic heterocycles. The van der Waals surface area contributed by atoms with Gasteiger partial charge in [-0.05, 0) is 31.6 Å². The lowest BCUT2D eigenvalue weighted by Crippen LogP contribution is -2.38. The molecule has 90 valence electrons. The minimum absolute atomic E-state index is 0.555. The maximum atomic E-state index is 3.70. The molecule has 1 rings (SSSR count). The van der Waals surface area contributed by atoms with E-state index in [1.54, 1.807) is 0 Å². The van der Waals surface area contributed by atoms with Gasteiger partial charge in [0.05, 0.1) is 0 Å². The van der Waals surface area contributed by atoms with Gasteiger partial charge in [0, 0.05) is 17.8 Å². The van der Waals surface area contributed by atoms with Crippen molar-refractivity contribution in [2.75, 3.05) is 12.0 Å². The molecule has 0 fully saturated rings. The van der Waals surface area contributed by atoms with Crippen molar-refractivity contribution in [3.63, 3.8) is 0 Å². The molecule has 0 aliphatic rings. The summed E-state index contributed by atoms with van der Waals surface area (Å²) in [4.78, 5) is 0. The van der Waals surface area contributed by atoms with Gasteiger partial charge in [0.2, 0.25) is 0 Å². The first-order valence-corrected chi connectivity index (χ1v) is 7.44. The average molecular weight is 237 g/mol. The molecule has 0 spiro atoms. The first-order chi connectivity index (χ1) is 7.76. The van der Waals surface area contributed by atoms with Gasteiger partial charge in [0.1, 0.15) is 0 Å². The van der Waals surface area contributed by atoms with E-state index < -0.39 is 0 Å². The lowest BCUT2D eigenvalue weighted by Gasteiger charge is -2.21. The molecule has 1 N–H and O–H groups in total. The summed E-state index contributed by atoms with van der Waals surface area (Å²) in [7, 11) is 0. The van der Waals surface area contributed by atoms with Crippen molar-refractivity contribution in [2.24, 2.45) is 0 Å². The van der Waals surface area contributed by atoms with Crippen molar-refractivity contribution >= 4 is 11.8 Å². The third kappa shape index (κ3) is 5.04. The summed E-state index contributed by atoms with van der Waals surface area (Å²) >= 11 is 1.92. The van der Waals surface area contributed by atoms with Gasteiger partial charge < -0.3 is 5.32 Å². The molecular weight excluding hydrogens is 214 g/mol. The zero-order valence-electron chi connectivity index (χ0n) is 10.6. The van der Waals surface area contributed by atoms with Crippen LogP contribution in [-0.4, -0.2) is 24.1 Å². The highest BCUT2D eigenvalue weighted by molar-refractivity contribution is 7.98. The average Bonchev–Trinajstić information content (AvgIpc) is 2.29. The van der Waals surface area contributed by atoms with E-state index in [1.807, 2.05) is 11.8 Å². The second-order valence-corrected chi connectivity index (χ2v) is 5.23. The third-order valence-corrected chi connectivity index (χ3v) is 3.50. The Morgan fingerprint density at radius 3 is 2.50 bits per heavy atom. The van der Waals surface area contributed by atoms with E-state index in [0.29, 0.717) is 12.1 Å². The van der Waals surface area contributed by atoms with Gasteiger partial charge in [-0.3, -0.25) is 0 Å². The molecule has 2 unspecified atom stereocenters. The standard InChI is InChI=1S/C14H23NS/c1-4-14(11-16-3)15-12(2)10-13-8-6-5-7-9-13/h5-9,12,14-15H,4,10-11H2,1-3H3. The molecule has 0 aliphatic carbocycles. The molecule has 2 atom stereocenters. The summed E-state index contributed by atoms with van der Waals surface area (Å²) in [5.74, 6) is 1.20. The molecule has 0 saturated heterocycles. The molecule has 0 saturated carbocycles. The van der Waals surface area contributed by atoms with E-state index in [0.717, 1.165) is 6.42 Å². The van der Waals surface area contributed by atoms with Gasteiger partial charge in [0.15, 0.2) is 0 Å². The zero-order valence-corrected chi connectivity index (χ0v) is 11.4. The molecule has 0 aromatic heterocycles. The highest BCUT2D eigenvalue weighted by Crippen LogP contribution is 2.06. The van der Waals surface area contributed by atoms with Gasteiger partial charge >= 0.3 is 0 Å². The fourth-order valence-electron chi connectivity index (χ4n) is 1.91. The number of thioether (sulfide) groups is 1. The largest absolute Gasteiger partial charge is 0.310 e. The molecule has 0 heterocycles. The molecule has 1 aromatic carbocycles. The summed E-state index contributed by atoms with van der Waals surface area (Å²) in [5, 5.41) is 3.70. The highest BCUT2D eigenvalue weighted by Gasteiger charge is 2.09. The van der Waals surface area contributed by atoms with Crippen LogP contribution in [0.25, 0.3) is 0 Å². The second-order valence-electron chi connectivity index (χ2n) is 4.32. The van der Waals surface area contributed by atoms with E-state index in [4.69, 9.17) is 0 Å². The Bertz CT molecular complexity index is 273. The highest BCUT2D eigenvalue weighted by atomic mass is 32.2. The normalized spacial score (nSPS) is 14.7. The van der Waals surface area contributed by atoms with Crippen molar-refractivity contribution in [1.29, 1.82) is 0 Å². The first-order valence-electron chi connectivity index (χ1n) is 6.05. The molecule has 0 bridgehead atoms. The Kier molecular flexibility index (Phi) is 6.58. The minimum Gasteiger partial charge on any atom is -0.310 e. The van der Waals surface area contributed by atoms with Crippen LogP contribution in [0.15, 0.2) is 30.3 Å². The summed E-state index contributed by atoms with van der Waals surface area (Å²) in [6.07, 6.45) is 4.50. The SMILES string of the molecule is CCC(CSC)NC(C)Cc1ccccc1. The lowest BCUT2D eigenvalue weighted by molar-refractivity contribution is 0.460. The van der Waals surface area contributed by atoms with Crippen LogP contribution in [0.1, 0.15) is 25.8 Å².